The second kappa shape index (κ2) is 6.50. The van der Waals surface area contributed by atoms with E-state index >= 15 is 0 Å². The number of benzene rings is 1. The lowest BCUT2D eigenvalue weighted by Gasteiger charge is -2.16. The zero-order valence-electron chi connectivity index (χ0n) is 9.37. The molecule has 0 atom stereocenters. The van der Waals surface area contributed by atoms with Crippen LogP contribution in [-0.4, -0.2) is 22.8 Å². The highest BCUT2D eigenvalue weighted by atomic mass is 16.5. The van der Waals surface area contributed by atoms with Crippen molar-refractivity contribution in [2.24, 2.45) is 7.05 Å². The molecule has 0 N–H and O–H groups in total. The highest BCUT2D eigenvalue weighted by Gasteiger charge is 1.96. The van der Waals surface area contributed by atoms with Gasteiger partial charge in [-0.3, -0.25) is 9.36 Å². The van der Waals surface area contributed by atoms with Gasteiger partial charge in [0, 0.05) is 20.9 Å². The van der Waals surface area contributed by atoms with E-state index in [0.717, 1.165) is 12.3 Å². The molecule has 0 radical (unpaired) electrons. The van der Waals surface area contributed by atoms with Crippen LogP contribution in [0.1, 0.15) is 1.43 Å². The van der Waals surface area contributed by atoms with E-state index in [-0.39, 0.29) is 1.43 Å². The van der Waals surface area contributed by atoms with Crippen LogP contribution in [0.4, 0.5) is 0 Å². The first kappa shape index (κ1) is 12.1. The van der Waals surface area contributed by atoms with Crippen LogP contribution in [-0.2, 0) is 18.4 Å². The first-order valence-electron chi connectivity index (χ1n) is 5.01. The summed E-state index contributed by atoms with van der Waals surface area (Å²) < 4.78 is 9.69. The molecule has 0 saturated carbocycles. The molecule has 0 unspecified atom stereocenters. The van der Waals surface area contributed by atoms with E-state index in [1.165, 1.54) is 0 Å². The van der Waals surface area contributed by atoms with Crippen LogP contribution in [0.15, 0.2) is 42.7 Å². The maximum Gasteiger partial charge on any atom is 0.119 e. The molecule has 0 spiro atoms. The van der Waals surface area contributed by atoms with E-state index in [4.69, 9.17) is 9.53 Å². The van der Waals surface area contributed by atoms with Crippen LogP contribution in [0.25, 0.3) is 0 Å². The molecular formula is C12H18N2O2. The van der Waals surface area contributed by atoms with E-state index in [1.54, 1.807) is 0 Å². The molecule has 1 heterocycles. The lowest BCUT2D eigenvalue weighted by molar-refractivity contribution is -0.0979. The van der Waals surface area contributed by atoms with Gasteiger partial charge in [0.2, 0.25) is 0 Å². The second-order valence-electron chi connectivity index (χ2n) is 3.20. The van der Waals surface area contributed by atoms with Gasteiger partial charge in [-0.2, -0.15) is 0 Å². The third-order valence-corrected chi connectivity index (χ3v) is 2.19. The van der Waals surface area contributed by atoms with E-state index < -0.39 is 0 Å². The third kappa shape index (κ3) is 3.31. The Hall–Kier alpha value is -1.97. The quantitative estimate of drug-likeness (QED) is 0.793. The third-order valence-electron chi connectivity index (χ3n) is 2.19. The number of hydrogen-bond donors (Lipinski definition) is 0. The second-order valence-corrected chi connectivity index (χ2v) is 3.20. The number of hydrogen-bond acceptors (Lipinski definition) is 2. The van der Waals surface area contributed by atoms with Crippen molar-refractivity contribution in [1.82, 2.24) is 9.36 Å². The van der Waals surface area contributed by atoms with E-state index in [0.29, 0.717) is 6.61 Å². The molecule has 4 nitrogen and oxygen atoms in total. The molecule has 0 aliphatic carbocycles. The zero-order valence-corrected chi connectivity index (χ0v) is 9.37. The van der Waals surface area contributed by atoms with E-state index in [1.807, 2.05) is 61.2 Å². The summed E-state index contributed by atoms with van der Waals surface area (Å²) in [6.45, 7) is 3.60. The van der Waals surface area contributed by atoms with Crippen LogP contribution < -0.4 is 4.74 Å². The van der Waals surface area contributed by atoms with Gasteiger partial charge in [-0.25, -0.2) is 0 Å². The molecule has 0 amide bonds. The van der Waals surface area contributed by atoms with Gasteiger partial charge < -0.3 is 9.53 Å². The van der Waals surface area contributed by atoms with Crippen LogP contribution in [0.5, 0.6) is 5.75 Å². The number of nitrogens with zero attached hydrogens (tertiary/aromatic N) is 2. The number of aryl methyl sites for hydroxylation is 1. The van der Waals surface area contributed by atoms with Crippen molar-refractivity contribution in [3.05, 3.63) is 42.7 Å². The number of carbonyl (C=O) groups excluding carboxylic acids is 1. The van der Waals surface area contributed by atoms with Crippen molar-refractivity contribution >= 4 is 6.79 Å². The van der Waals surface area contributed by atoms with Crippen molar-refractivity contribution in [3.8, 4) is 5.75 Å². The Morgan fingerprint density at radius 3 is 2.44 bits per heavy atom. The lowest BCUT2D eigenvalue weighted by Crippen LogP contribution is -2.20. The summed E-state index contributed by atoms with van der Waals surface area (Å²) in [5.74, 6) is 0.930. The first-order chi connectivity index (χ1) is 7.86. The van der Waals surface area contributed by atoms with Crippen molar-refractivity contribution in [2.45, 2.75) is 6.54 Å². The van der Waals surface area contributed by atoms with Crippen LogP contribution in [0.3, 0.4) is 0 Å². The molecule has 4 heteroatoms. The van der Waals surface area contributed by atoms with Crippen molar-refractivity contribution < 1.29 is 11.0 Å². The maximum atomic E-state index is 8.00. The van der Waals surface area contributed by atoms with Crippen molar-refractivity contribution in [2.75, 3.05) is 6.61 Å². The average molecular weight is 222 g/mol. The molecule has 1 aromatic heterocycles. The highest BCUT2D eigenvalue weighted by Crippen LogP contribution is 2.08. The summed E-state index contributed by atoms with van der Waals surface area (Å²) in [5.41, 5.74) is 0. The monoisotopic (exact) mass is 222 g/mol. The molecule has 2 rings (SSSR count). The fraction of sp³-hybridized carbons (Fsp3) is 0.250. The van der Waals surface area contributed by atoms with Gasteiger partial charge in [0.05, 0.1) is 6.54 Å². The number of aromatic nitrogens is 2. The van der Waals surface area contributed by atoms with Crippen LogP contribution in [0, 0.1) is 0 Å². The van der Waals surface area contributed by atoms with Crippen LogP contribution in [0.2, 0.25) is 0 Å². The van der Waals surface area contributed by atoms with Gasteiger partial charge in [0.15, 0.2) is 0 Å². The molecular weight excluding hydrogens is 204 g/mol. The van der Waals surface area contributed by atoms with Gasteiger partial charge in [0.1, 0.15) is 19.1 Å². The molecule has 0 saturated heterocycles. The summed E-state index contributed by atoms with van der Waals surface area (Å²) in [4.78, 5) is 8.00. The summed E-state index contributed by atoms with van der Waals surface area (Å²) in [6.07, 6.45) is 4.05. The predicted octanol–water partition coefficient (Wildman–Crippen LogP) is 1.97. The van der Waals surface area contributed by atoms with Gasteiger partial charge in [-0.05, 0) is 12.1 Å². The number of rotatable bonds is 4. The standard InChI is InChI=1S/C11H14N2O.CH2O.H2/c1-12-7-8-13(12)9-10-14-11-5-3-2-4-6-11;1-2;/h2-8H,9-10H2,1H3;1H2;1H. The van der Waals surface area contributed by atoms with Crippen LogP contribution >= 0.6 is 0 Å². The van der Waals surface area contributed by atoms with Crippen molar-refractivity contribution in [3.63, 3.8) is 0 Å². The number of para-hydroxylation sites is 1. The fourth-order valence-corrected chi connectivity index (χ4v) is 1.30. The predicted molar refractivity (Wildman–Crippen MR) is 64.6 cm³/mol. The minimum Gasteiger partial charge on any atom is -0.492 e. The minimum absolute atomic E-state index is 0. The molecule has 0 bridgehead atoms. The Morgan fingerprint density at radius 2 is 1.94 bits per heavy atom. The minimum atomic E-state index is 0. The number of carbonyl (C=O) groups is 1. The summed E-state index contributed by atoms with van der Waals surface area (Å²) in [6, 6.07) is 9.88. The molecule has 88 valence electrons. The van der Waals surface area contributed by atoms with Gasteiger partial charge in [-0.15, -0.1) is 0 Å². The number of ether oxygens (including phenoxy) is 1. The molecule has 0 aliphatic heterocycles. The Balaban J connectivity index is 0.000000811. The smallest absolute Gasteiger partial charge is 0.119 e. The average Bonchev–Trinajstić information content (AvgIpc) is 2.36. The van der Waals surface area contributed by atoms with Gasteiger partial charge >= 0.3 is 0 Å². The Labute approximate surface area is 96.5 Å². The van der Waals surface area contributed by atoms with Crippen molar-refractivity contribution in [1.29, 1.82) is 0 Å². The molecule has 0 fully saturated rings. The first-order valence-corrected chi connectivity index (χ1v) is 5.01. The largest absolute Gasteiger partial charge is 0.492 e. The summed E-state index contributed by atoms with van der Waals surface area (Å²) in [7, 11) is 2.02. The molecule has 0 aliphatic rings. The molecule has 16 heavy (non-hydrogen) atoms. The molecule has 1 aromatic carbocycles. The SMILES string of the molecule is C=O.Cn1ccn1CCOc1ccccc1.[HH]. The Bertz CT molecular complexity index is 398. The normalized spacial score (nSPS) is 9.31. The molecule has 2 aromatic rings. The maximum absolute atomic E-state index is 8.00. The highest BCUT2D eigenvalue weighted by molar-refractivity contribution is 5.20. The topological polar surface area (TPSA) is 36.2 Å². The van der Waals surface area contributed by atoms with Gasteiger partial charge in [0.25, 0.3) is 0 Å². The van der Waals surface area contributed by atoms with Gasteiger partial charge in [-0.1, -0.05) is 18.2 Å². The Morgan fingerprint density at radius 1 is 1.25 bits per heavy atom. The lowest BCUT2D eigenvalue weighted by atomic mass is 10.3. The van der Waals surface area contributed by atoms with E-state index in [9.17, 15) is 0 Å². The zero-order chi connectivity index (χ0) is 11.8. The fourth-order valence-electron chi connectivity index (χ4n) is 1.30. The van der Waals surface area contributed by atoms with E-state index in [2.05, 4.69) is 4.68 Å². The Kier molecular flexibility index (Phi) is 4.92. The summed E-state index contributed by atoms with van der Waals surface area (Å²) in [5, 5.41) is 0. The summed E-state index contributed by atoms with van der Waals surface area (Å²) >= 11 is 0.